The maximum Gasteiger partial charge on any atom is 0.434 e. The maximum absolute atomic E-state index is 13.7. The fourth-order valence-electron chi connectivity index (χ4n) is 5.02. The lowest BCUT2D eigenvalue weighted by Crippen LogP contribution is -2.37. The van der Waals surface area contributed by atoms with Crippen molar-refractivity contribution in [2.75, 3.05) is 0 Å². The number of aromatic nitrogens is 4. The first-order valence-corrected chi connectivity index (χ1v) is 11.0. The second-order valence-electron chi connectivity index (χ2n) is 8.34. The summed E-state index contributed by atoms with van der Waals surface area (Å²) in [5.41, 5.74) is 0.434. The van der Waals surface area contributed by atoms with Gasteiger partial charge in [0.1, 0.15) is 0 Å². The molecule has 5 rings (SSSR count). The molecule has 33 heavy (non-hydrogen) atoms. The Morgan fingerprint density at radius 1 is 1.06 bits per heavy atom. The van der Waals surface area contributed by atoms with Gasteiger partial charge < -0.3 is 4.90 Å². The largest absolute Gasteiger partial charge is 0.434 e. The molecule has 170 valence electrons. The number of hydrogen-bond donors (Lipinski definition) is 0. The summed E-state index contributed by atoms with van der Waals surface area (Å²) in [6.07, 6.45) is 3.61. The molecule has 2 aromatic heterocycles. The topological polar surface area (TPSA) is 71.9 Å². The van der Waals surface area contributed by atoms with Gasteiger partial charge in [0.2, 0.25) is 0 Å². The van der Waals surface area contributed by atoms with Crippen LogP contribution in [0.4, 0.5) is 13.2 Å². The Balaban J connectivity index is 1.39. The Bertz CT molecular complexity index is 1170. The molecule has 1 amide bonds. The average Bonchev–Trinajstić information content (AvgIpc) is 3.36. The van der Waals surface area contributed by atoms with Crippen molar-refractivity contribution in [2.24, 2.45) is 5.92 Å². The molecule has 0 aliphatic carbocycles. The van der Waals surface area contributed by atoms with Crippen molar-refractivity contribution in [1.29, 1.82) is 0 Å². The molecule has 3 unspecified atom stereocenters. The Morgan fingerprint density at radius 2 is 1.85 bits per heavy atom. The molecule has 1 aromatic carbocycles. The third-order valence-corrected chi connectivity index (χ3v) is 6.72. The van der Waals surface area contributed by atoms with Crippen molar-refractivity contribution in [3.05, 3.63) is 71.0 Å². The highest BCUT2D eigenvalue weighted by Gasteiger charge is 2.49. The van der Waals surface area contributed by atoms with Gasteiger partial charge >= 0.3 is 6.18 Å². The van der Waals surface area contributed by atoms with Crippen molar-refractivity contribution >= 4 is 17.5 Å². The maximum atomic E-state index is 13.7. The van der Waals surface area contributed by atoms with E-state index in [1.54, 1.807) is 36.7 Å². The zero-order valence-corrected chi connectivity index (χ0v) is 18.1. The number of hydrogen-bond acceptors (Lipinski definition) is 5. The summed E-state index contributed by atoms with van der Waals surface area (Å²) < 4.78 is 38.3. The van der Waals surface area contributed by atoms with E-state index < -0.39 is 11.9 Å². The van der Waals surface area contributed by atoms with Crippen molar-refractivity contribution in [1.82, 2.24) is 24.8 Å². The number of nitrogens with zero attached hydrogens (tertiary/aromatic N) is 5. The molecular formula is C23H19ClF3N5O. The number of carbonyl (C=O) groups is 1. The van der Waals surface area contributed by atoms with E-state index in [4.69, 9.17) is 11.6 Å². The van der Waals surface area contributed by atoms with Crippen LogP contribution in [0.1, 0.15) is 41.0 Å². The van der Waals surface area contributed by atoms with E-state index in [1.807, 2.05) is 4.90 Å². The van der Waals surface area contributed by atoms with Gasteiger partial charge in [-0.2, -0.15) is 13.2 Å². The third-order valence-electron chi connectivity index (χ3n) is 6.40. The summed E-state index contributed by atoms with van der Waals surface area (Å²) in [6, 6.07) is 6.91. The summed E-state index contributed by atoms with van der Waals surface area (Å²) in [4.78, 5) is 31.6. The molecule has 4 heterocycles. The lowest BCUT2D eigenvalue weighted by Gasteiger charge is -2.25. The Kier molecular flexibility index (Phi) is 5.52. The van der Waals surface area contributed by atoms with Crippen LogP contribution in [0.3, 0.4) is 0 Å². The van der Waals surface area contributed by atoms with E-state index in [9.17, 15) is 18.0 Å². The molecule has 3 aromatic rings. The number of halogens is 4. The van der Waals surface area contributed by atoms with Gasteiger partial charge in [-0.05, 0) is 49.8 Å². The normalized spacial score (nSPS) is 22.1. The highest BCUT2D eigenvalue weighted by Crippen LogP contribution is 2.44. The number of fused-ring (bicyclic) bond motifs is 2. The van der Waals surface area contributed by atoms with Gasteiger partial charge in [0.25, 0.3) is 5.91 Å². The Morgan fingerprint density at radius 3 is 2.55 bits per heavy atom. The van der Waals surface area contributed by atoms with Crippen molar-refractivity contribution in [2.45, 2.75) is 43.9 Å². The standard InChI is InChI=1S/C23H19ClF3N5O/c24-17-4-1-3-16(20(17)21-28-7-2-8-29-21)22(33)32-15-5-6-18(32)13(10-15)9-14-11-31-19(12-30-14)23(25,26)27/h1-4,7-8,11-13,15,18H,5-6,9-10H2. The second kappa shape index (κ2) is 8.37. The van der Waals surface area contributed by atoms with Crippen LogP contribution in [0.5, 0.6) is 0 Å². The molecule has 2 aliphatic rings. The zero-order valence-electron chi connectivity index (χ0n) is 17.3. The van der Waals surface area contributed by atoms with Crippen LogP contribution in [0, 0.1) is 5.92 Å². The smallest absolute Gasteiger partial charge is 0.332 e. The molecule has 2 fully saturated rings. The molecule has 0 spiro atoms. The van der Waals surface area contributed by atoms with Gasteiger partial charge in [-0.15, -0.1) is 0 Å². The van der Waals surface area contributed by atoms with E-state index >= 15 is 0 Å². The van der Waals surface area contributed by atoms with Gasteiger partial charge in [0.05, 0.1) is 28.0 Å². The van der Waals surface area contributed by atoms with Gasteiger partial charge in [-0.3, -0.25) is 9.78 Å². The van der Waals surface area contributed by atoms with Gasteiger partial charge in [0.15, 0.2) is 11.5 Å². The predicted octanol–water partition coefficient (Wildman–Crippen LogP) is 4.84. The van der Waals surface area contributed by atoms with Crippen molar-refractivity contribution in [3.63, 3.8) is 0 Å². The zero-order chi connectivity index (χ0) is 23.2. The summed E-state index contributed by atoms with van der Waals surface area (Å²) in [5, 5.41) is 0.398. The Hall–Kier alpha value is -3.07. The van der Waals surface area contributed by atoms with Gasteiger partial charge in [0, 0.05) is 30.7 Å². The first kappa shape index (κ1) is 21.8. The van der Waals surface area contributed by atoms with Crippen LogP contribution in [0.15, 0.2) is 49.1 Å². The quantitative estimate of drug-likeness (QED) is 0.542. The minimum absolute atomic E-state index is 0.0184. The number of rotatable bonds is 4. The Labute approximate surface area is 192 Å². The number of carbonyl (C=O) groups excluding carboxylic acids is 1. The fraction of sp³-hybridized carbons (Fsp3) is 0.348. The summed E-state index contributed by atoms with van der Waals surface area (Å²) in [5.74, 6) is 0.359. The van der Waals surface area contributed by atoms with E-state index in [-0.39, 0.29) is 23.9 Å². The van der Waals surface area contributed by atoms with Crippen LogP contribution >= 0.6 is 11.6 Å². The highest BCUT2D eigenvalue weighted by atomic mass is 35.5. The summed E-state index contributed by atoms with van der Waals surface area (Å²) >= 11 is 6.44. The third kappa shape index (κ3) is 4.06. The average molecular weight is 474 g/mol. The lowest BCUT2D eigenvalue weighted by molar-refractivity contribution is -0.141. The van der Waals surface area contributed by atoms with E-state index in [0.29, 0.717) is 34.1 Å². The number of amides is 1. The SMILES string of the molecule is O=C(c1cccc(Cl)c1-c1ncccn1)N1C2CCC1C(Cc1cnc(C(F)(F)F)cn1)C2. The molecule has 2 aliphatic heterocycles. The summed E-state index contributed by atoms with van der Waals surface area (Å²) in [6.45, 7) is 0. The van der Waals surface area contributed by atoms with Crippen LogP contribution in [-0.2, 0) is 12.6 Å². The molecule has 0 N–H and O–H groups in total. The lowest BCUT2D eigenvalue weighted by atomic mass is 9.86. The molecule has 6 nitrogen and oxygen atoms in total. The highest BCUT2D eigenvalue weighted by molar-refractivity contribution is 6.34. The predicted molar refractivity (Wildman–Crippen MR) is 114 cm³/mol. The van der Waals surface area contributed by atoms with E-state index in [0.717, 1.165) is 25.5 Å². The van der Waals surface area contributed by atoms with Gasteiger partial charge in [-0.25, -0.2) is 15.0 Å². The second-order valence-corrected chi connectivity index (χ2v) is 8.74. The summed E-state index contributed by atoms with van der Waals surface area (Å²) in [7, 11) is 0. The van der Waals surface area contributed by atoms with Crippen LogP contribution in [0.25, 0.3) is 11.4 Å². The molecule has 0 saturated carbocycles. The molecular weight excluding hydrogens is 455 g/mol. The molecule has 2 bridgehead atoms. The van der Waals surface area contributed by atoms with Crippen LogP contribution in [-0.4, -0.2) is 42.8 Å². The molecule has 0 radical (unpaired) electrons. The van der Waals surface area contributed by atoms with Gasteiger partial charge in [-0.1, -0.05) is 17.7 Å². The van der Waals surface area contributed by atoms with Crippen LogP contribution in [0.2, 0.25) is 5.02 Å². The molecule has 10 heteroatoms. The first-order valence-electron chi connectivity index (χ1n) is 10.6. The van der Waals surface area contributed by atoms with E-state index in [1.165, 1.54) is 6.20 Å². The first-order chi connectivity index (χ1) is 15.8. The molecule has 2 saturated heterocycles. The number of benzene rings is 1. The van der Waals surface area contributed by atoms with E-state index in [2.05, 4.69) is 19.9 Å². The number of alkyl halides is 3. The molecule has 3 atom stereocenters. The minimum Gasteiger partial charge on any atom is -0.332 e. The van der Waals surface area contributed by atoms with Crippen LogP contribution < -0.4 is 0 Å². The van der Waals surface area contributed by atoms with Crippen molar-refractivity contribution in [3.8, 4) is 11.4 Å². The monoisotopic (exact) mass is 473 g/mol. The minimum atomic E-state index is -4.52. The fourth-order valence-corrected chi connectivity index (χ4v) is 5.28. The van der Waals surface area contributed by atoms with Crippen molar-refractivity contribution < 1.29 is 18.0 Å².